The van der Waals surface area contributed by atoms with Gasteiger partial charge in [0.2, 0.25) is 5.78 Å². The van der Waals surface area contributed by atoms with E-state index in [9.17, 15) is 23.2 Å². The number of hydrogen-bond donors (Lipinski definition) is 0. The first-order chi connectivity index (χ1) is 18.4. The molecule has 0 amide bonds. The molecule has 2 aromatic heterocycles. The number of esters is 2. The van der Waals surface area contributed by atoms with Crippen LogP contribution >= 0.6 is 22.7 Å². The number of carbonyl (C=O) groups is 3. The number of ketones is 1. The summed E-state index contributed by atoms with van der Waals surface area (Å²) < 4.78 is 36.9. The summed E-state index contributed by atoms with van der Waals surface area (Å²) in [6.45, 7) is -1.21. The van der Waals surface area contributed by atoms with E-state index in [4.69, 9.17) is 9.47 Å². The van der Waals surface area contributed by atoms with Crippen molar-refractivity contribution in [1.82, 2.24) is 0 Å². The third-order valence-electron chi connectivity index (χ3n) is 5.10. The van der Waals surface area contributed by atoms with Crippen molar-refractivity contribution in [2.24, 2.45) is 0 Å². The SMILES string of the molecule is O=C(COC(=O)C(=Cc1ccc(F)cc1)c1cccs1)COC(=O)C(=Cc1ccc(F)cc1)c1cccs1. The minimum Gasteiger partial charge on any atom is -0.454 e. The maximum Gasteiger partial charge on any atom is 0.340 e. The molecule has 9 heteroatoms. The van der Waals surface area contributed by atoms with E-state index in [1.807, 2.05) is 0 Å². The average Bonchev–Trinajstić information content (AvgIpc) is 3.65. The normalized spacial score (nSPS) is 11.7. The Balaban J connectivity index is 1.39. The van der Waals surface area contributed by atoms with Crippen molar-refractivity contribution in [3.63, 3.8) is 0 Å². The first-order valence-corrected chi connectivity index (χ1v) is 13.0. The number of rotatable bonds is 10. The van der Waals surface area contributed by atoms with Gasteiger partial charge in [0.25, 0.3) is 0 Å². The lowest BCUT2D eigenvalue weighted by atomic mass is 10.1. The molecule has 0 aliphatic carbocycles. The van der Waals surface area contributed by atoms with Crippen LogP contribution < -0.4 is 0 Å². The molecule has 0 spiro atoms. The second kappa shape index (κ2) is 12.8. The highest BCUT2D eigenvalue weighted by Crippen LogP contribution is 2.26. The molecule has 192 valence electrons. The third-order valence-corrected chi connectivity index (χ3v) is 6.91. The maximum absolute atomic E-state index is 13.2. The molecule has 4 aromatic rings. The van der Waals surface area contributed by atoms with Crippen molar-refractivity contribution < 1.29 is 32.6 Å². The van der Waals surface area contributed by atoms with Crippen molar-refractivity contribution >= 4 is 63.7 Å². The Morgan fingerprint density at radius 3 is 1.37 bits per heavy atom. The predicted octanol–water partition coefficient (Wildman–Crippen LogP) is 6.52. The molecular weight excluding hydrogens is 530 g/mol. The van der Waals surface area contributed by atoms with Gasteiger partial charge in [0, 0.05) is 9.75 Å². The lowest BCUT2D eigenvalue weighted by molar-refractivity contribution is -0.147. The molecule has 2 aromatic carbocycles. The largest absolute Gasteiger partial charge is 0.454 e. The minimum absolute atomic E-state index is 0.207. The highest BCUT2D eigenvalue weighted by atomic mass is 32.1. The van der Waals surface area contributed by atoms with Gasteiger partial charge in [-0.05, 0) is 70.4 Å². The van der Waals surface area contributed by atoms with Crippen molar-refractivity contribution in [3.05, 3.63) is 116 Å². The molecule has 0 radical (unpaired) electrons. The van der Waals surface area contributed by atoms with Crippen LogP contribution in [0.1, 0.15) is 20.9 Å². The summed E-state index contributed by atoms with van der Waals surface area (Å²) >= 11 is 2.62. The molecule has 0 saturated heterocycles. The lowest BCUT2D eigenvalue weighted by Gasteiger charge is -2.09. The van der Waals surface area contributed by atoms with Gasteiger partial charge < -0.3 is 9.47 Å². The van der Waals surface area contributed by atoms with Crippen LogP contribution in [-0.4, -0.2) is 30.9 Å². The number of thiophene rings is 2. The fourth-order valence-electron chi connectivity index (χ4n) is 3.27. The number of ether oxygens (including phenoxy) is 2. The summed E-state index contributed by atoms with van der Waals surface area (Å²) in [5.41, 5.74) is 1.58. The Labute approximate surface area is 225 Å². The van der Waals surface area contributed by atoms with Crippen LogP contribution in [0, 0.1) is 11.6 Å². The fraction of sp³-hybridized carbons (Fsp3) is 0.0690. The summed E-state index contributed by atoms with van der Waals surface area (Å²) in [4.78, 5) is 39.2. The highest BCUT2D eigenvalue weighted by molar-refractivity contribution is 7.11. The van der Waals surface area contributed by atoms with Gasteiger partial charge in [0.15, 0.2) is 13.2 Å². The lowest BCUT2D eigenvalue weighted by Crippen LogP contribution is -2.21. The van der Waals surface area contributed by atoms with Crippen molar-refractivity contribution in [2.45, 2.75) is 0 Å². The van der Waals surface area contributed by atoms with Crippen LogP contribution in [0.15, 0.2) is 83.6 Å². The summed E-state index contributed by atoms with van der Waals surface area (Å²) in [7, 11) is 0. The summed E-state index contributed by atoms with van der Waals surface area (Å²) in [5.74, 6) is -2.92. The van der Waals surface area contributed by atoms with E-state index in [1.54, 1.807) is 47.2 Å². The zero-order valence-corrected chi connectivity index (χ0v) is 21.4. The maximum atomic E-state index is 13.2. The molecule has 4 rings (SSSR count). The van der Waals surface area contributed by atoms with E-state index in [-0.39, 0.29) is 11.1 Å². The van der Waals surface area contributed by atoms with Crippen molar-refractivity contribution in [2.75, 3.05) is 13.2 Å². The molecule has 0 aliphatic rings. The molecule has 0 saturated carbocycles. The van der Waals surface area contributed by atoms with Gasteiger partial charge in [0.1, 0.15) is 11.6 Å². The number of benzene rings is 2. The van der Waals surface area contributed by atoms with E-state index >= 15 is 0 Å². The Morgan fingerprint density at radius 2 is 1.03 bits per heavy atom. The van der Waals surface area contributed by atoms with Crippen molar-refractivity contribution in [1.29, 1.82) is 0 Å². The Hall–Kier alpha value is -4.21. The predicted molar refractivity (Wildman–Crippen MR) is 144 cm³/mol. The van der Waals surface area contributed by atoms with E-state index in [1.165, 1.54) is 71.2 Å². The van der Waals surface area contributed by atoms with Gasteiger partial charge in [-0.2, -0.15) is 0 Å². The van der Waals surface area contributed by atoms with Gasteiger partial charge in [-0.25, -0.2) is 18.4 Å². The Bertz CT molecular complexity index is 1340. The monoisotopic (exact) mass is 550 g/mol. The smallest absolute Gasteiger partial charge is 0.340 e. The average molecular weight is 551 g/mol. The minimum atomic E-state index is -0.744. The number of hydrogen-bond acceptors (Lipinski definition) is 7. The van der Waals surface area contributed by atoms with E-state index in [2.05, 4.69) is 0 Å². The number of carbonyl (C=O) groups excluding carboxylic acids is 3. The molecule has 38 heavy (non-hydrogen) atoms. The first-order valence-electron chi connectivity index (χ1n) is 11.3. The Morgan fingerprint density at radius 1 is 0.632 bits per heavy atom. The molecule has 0 aliphatic heterocycles. The van der Waals surface area contributed by atoms with Gasteiger partial charge in [0.05, 0.1) is 11.1 Å². The first kappa shape index (κ1) is 26.8. The second-order valence-corrected chi connectivity index (χ2v) is 9.76. The summed E-state index contributed by atoms with van der Waals surface area (Å²) in [6.07, 6.45) is 3.09. The number of Topliss-reactive ketones (excluding diaryl/α,β-unsaturated/α-hetero) is 1. The number of halogens is 2. The van der Waals surface area contributed by atoms with Crippen LogP contribution in [0.4, 0.5) is 8.78 Å². The topological polar surface area (TPSA) is 69.7 Å². The van der Waals surface area contributed by atoms with Crippen LogP contribution in [0.25, 0.3) is 23.3 Å². The zero-order chi connectivity index (χ0) is 26.9. The third kappa shape index (κ3) is 7.41. The van der Waals surface area contributed by atoms with Crippen LogP contribution in [0.5, 0.6) is 0 Å². The van der Waals surface area contributed by atoms with Crippen LogP contribution in [-0.2, 0) is 23.9 Å². The molecule has 0 bridgehead atoms. The molecule has 2 heterocycles. The van der Waals surface area contributed by atoms with Gasteiger partial charge in [-0.15, -0.1) is 22.7 Å². The molecule has 5 nitrogen and oxygen atoms in total. The summed E-state index contributed by atoms with van der Waals surface area (Å²) in [5, 5.41) is 3.58. The Kier molecular flexibility index (Phi) is 9.07. The van der Waals surface area contributed by atoms with Crippen LogP contribution in [0.3, 0.4) is 0 Å². The highest BCUT2D eigenvalue weighted by Gasteiger charge is 2.19. The second-order valence-electron chi connectivity index (χ2n) is 7.86. The molecule has 0 unspecified atom stereocenters. The van der Waals surface area contributed by atoms with E-state index < -0.39 is 42.6 Å². The van der Waals surface area contributed by atoms with Gasteiger partial charge >= 0.3 is 11.9 Å². The van der Waals surface area contributed by atoms with Gasteiger partial charge in [-0.3, -0.25) is 4.79 Å². The molecular formula is C29H20F2O5S2. The quantitative estimate of drug-likeness (QED) is 0.166. The standard InChI is InChI=1S/C29H20F2O5S2/c30-21-9-5-19(6-10-21)15-24(26-3-1-13-37-26)28(33)35-17-23(32)18-36-29(34)25(27-4-2-14-38-27)16-20-7-11-22(31)12-8-20/h1-16H,17-18H2. The zero-order valence-electron chi connectivity index (χ0n) is 19.8. The molecule has 0 fully saturated rings. The van der Waals surface area contributed by atoms with E-state index in [0.717, 1.165) is 0 Å². The van der Waals surface area contributed by atoms with Crippen LogP contribution in [0.2, 0.25) is 0 Å². The molecule has 0 atom stereocenters. The fourth-order valence-corrected chi connectivity index (χ4v) is 4.73. The molecule has 0 N–H and O–H groups in total. The van der Waals surface area contributed by atoms with E-state index in [0.29, 0.717) is 20.9 Å². The van der Waals surface area contributed by atoms with Crippen molar-refractivity contribution in [3.8, 4) is 0 Å². The summed E-state index contributed by atoms with van der Waals surface area (Å²) in [6, 6.07) is 18.2. The van der Waals surface area contributed by atoms with Gasteiger partial charge in [-0.1, -0.05) is 36.4 Å².